The Morgan fingerprint density at radius 1 is 0.267 bits per heavy atom. The van der Waals surface area contributed by atoms with Crippen LogP contribution in [0, 0.1) is 0 Å². The van der Waals surface area contributed by atoms with Gasteiger partial charge in [-0.2, -0.15) is 0 Å². The summed E-state index contributed by atoms with van der Waals surface area (Å²) in [6, 6.07) is 78.1. The summed E-state index contributed by atoms with van der Waals surface area (Å²) in [6.07, 6.45) is 0. The van der Waals surface area contributed by atoms with E-state index in [1.165, 1.54) is 60.1 Å². The van der Waals surface area contributed by atoms with Gasteiger partial charge in [-0.15, -0.1) is 0 Å². The number of aromatic nitrogens is 4. The van der Waals surface area contributed by atoms with Gasteiger partial charge in [0.2, 0.25) is 0 Å². The predicted molar refractivity (Wildman–Crippen MR) is 250 cm³/mol. The SMILES string of the molecule is c1ccc(-c2cccc(-n3c4ccccc4c4cc5c6ccccc6n(-c6ccc7ccc(-c8cc(-c9ccccc9)nc(-c9ccccc9)n8)cc7c6)c5cc43)c2)cc1. The van der Waals surface area contributed by atoms with Gasteiger partial charge in [-0.05, 0) is 82.6 Å². The fourth-order valence-corrected chi connectivity index (χ4v) is 9.04. The van der Waals surface area contributed by atoms with E-state index in [1.54, 1.807) is 0 Å². The van der Waals surface area contributed by atoms with Crippen LogP contribution in [-0.2, 0) is 0 Å². The molecule has 9 aromatic carbocycles. The lowest BCUT2D eigenvalue weighted by Crippen LogP contribution is -1.97. The Morgan fingerprint density at radius 3 is 1.47 bits per heavy atom. The first kappa shape index (κ1) is 34.0. The Morgan fingerprint density at radius 2 is 0.800 bits per heavy atom. The van der Waals surface area contributed by atoms with Crippen LogP contribution in [0.5, 0.6) is 0 Å². The number of nitrogens with zero attached hydrogens (tertiary/aromatic N) is 4. The largest absolute Gasteiger partial charge is 0.309 e. The monoisotopic (exact) mass is 764 g/mol. The van der Waals surface area contributed by atoms with E-state index in [9.17, 15) is 0 Å². The lowest BCUT2D eigenvalue weighted by Gasteiger charge is -2.13. The average Bonchev–Trinajstić information content (AvgIpc) is 3.83. The van der Waals surface area contributed by atoms with Gasteiger partial charge in [0.15, 0.2) is 5.82 Å². The summed E-state index contributed by atoms with van der Waals surface area (Å²) >= 11 is 0. The molecule has 0 saturated carbocycles. The predicted octanol–water partition coefficient (Wildman–Crippen LogP) is 14.5. The van der Waals surface area contributed by atoms with Gasteiger partial charge >= 0.3 is 0 Å². The van der Waals surface area contributed by atoms with Crippen LogP contribution < -0.4 is 0 Å². The molecule has 0 N–H and O–H groups in total. The minimum atomic E-state index is 0.710. The summed E-state index contributed by atoms with van der Waals surface area (Å²) in [6.45, 7) is 0. The average molecular weight is 765 g/mol. The molecule has 4 heteroatoms. The standard InChI is InChI=1S/C56H36N4/c1-4-15-37(16-5-1)41-21-14-22-44(32-41)59-52-25-12-10-23-46(52)48-34-49-47-24-11-13-26-53(47)60(55(49)36-54(48)59)45-30-29-38-27-28-42(31-43(38)33-45)51-35-50(39-17-6-2-7-18-39)57-56(58-51)40-19-8-3-9-20-40/h1-36H. The quantitative estimate of drug-likeness (QED) is 0.169. The molecule has 12 aromatic rings. The van der Waals surface area contributed by atoms with Crippen molar-refractivity contribution in [1.82, 2.24) is 19.1 Å². The second-order valence-electron chi connectivity index (χ2n) is 15.4. The van der Waals surface area contributed by atoms with Gasteiger partial charge < -0.3 is 9.13 Å². The molecule has 0 spiro atoms. The van der Waals surface area contributed by atoms with Gasteiger partial charge in [-0.25, -0.2) is 9.97 Å². The van der Waals surface area contributed by atoms with E-state index in [0.717, 1.165) is 44.8 Å². The van der Waals surface area contributed by atoms with Gasteiger partial charge in [-0.1, -0.05) is 158 Å². The molecule has 280 valence electrons. The third kappa shape index (κ3) is 5.61. The summed E-state index contributed by atoms with van der Waals surface area (Å²) in [5, 5.41) is 7.26. The van der Waals surface area contributed by atoms with Gasteiger partial charge in [0, 0.05) is 49.6 Å². The Bertz CT molecular complexity index is 3530. The molecule has 0 fully saturated rings. The van der Waals surface area contributed by atoms with E-state index in [-0.39, 0.29) is 0 Å². The Hall–Kier alpha value is -8.08. The normalized spacial score (nSPS) is 11.7. The summed E-state index contributed by atoms with van der Waals surface area (Å²) in [5.74, 6) is 0.710. The molecular formula is C56H36N4. The number of benzene rings is 9. The van der Waals surface area contributed by atoms with Crippen molar-refractivity contribution in [2.45, 2.75) is 0 Å². The van der Waals surface area contributed by atoms with Crippen molar-refractivity contribution < 1.29 is 0 Å². The molecule has 60 heavy (non-hydrogen) atoms. The van der Waals surface area contributed by atoms with Crippen LogP contribution in [0.25, 0.3) is 111 Å². The van der Waals surface area contributed by atoms with E-state index in [4.69, 9.17) is 9.97 Å². The maximum absolute atomic E-state index is 5.14. The molecule has 0 radical (unpaired) electrons. The minimum Gasteiger partial charge on any atom is -0.309 e. The number of hydrogen-bond donors (Lipinski definition) is 0. The lowest BCUT2D eigenvalue weighted by molar-refractivity contribution is 1.17. The van der Waals surface area contributed by atoms with Gasteiger partial charge in [0.05, 0.1) is 33.5 Å². The summed E-state index contributed by atoms with van der Waals surface area (Å²) in [7, 11) is 0. The fourth-order valence-electron chi connectivity index (χ4n) is 9.04. The van der Waals surface area contributed by atoms with Crippen LogP contribution in [0.15, 0.2) is 218 Å². The molecule has 0 saturated heterocycles. The van der Waals surface area contributed by atoms with Crippen molar-refractivity contribution >= 4 is 54.4 Å². The molecule has 12 rings (SSSR count). The summed E-state index contributed by atoms with van der Waals surface area (Å²) in [5.41, 5.74) is 14.2. The fraction of sp³-hybridized carbons (Fsp3) is 0. The van der Waals surface area contributed by atoms with E-state index >= 15 is 0 Å². The molecule has 0 amide bonds. The highest BCUT2D eigenvalue weighted by atomic mass is 15.0. The maximum Gasteiger partial charge on any atom is 0.160 e. The third-order valence-corrected chi connectivity index (χ3v) is 11.9. The molecule has 0 atom stereocenters. The second kappa shape index (κ2) is 13.8. The summed E-state index contributed by atoms with van der Waals surface area (Å²) < 4.78 is 4.87. The molecule has 0 aliphatic heterocycles. The first-order valence-electron chi connectivity index (χ1n) is 20.4. The van der Waals surface area contributed by atoms with Crippen molar-refractivity contribution in [3.8, 4) is 56.4 Å². The highest BCUT2D eigenvalue weighted by Crippen LogP contribution is 2.41. The molecule has 3 heterocycles. The van der Waals surface area contributed by atoms with E-state index in [0.29, 0.717) is 5.82 Å². The highest BCUT2D eigenvalue weighted by molar-refractivity contribution is 6.19. The molecule has 0 aliphatic carbocycles. The minimum absolute atomic E-state index is 0.710. The van der Waals surface area contributed by atoms with Crippen LogP contribution in [0.3, 0.4) is 0 Å². The molecule has 3 aromatic heterocycles. The van der Waals surface area contributed by atoms with Crippen molar-refractivity contribution in [2.24, 2.45) is 0 Å². The lowest BCUT2D eigenvalue weighted by atomic mass is 10.0. The molecule has 0 bridgehead atoms. The first-order valence-corrected chi connectivity index (χ1v) is 20.4. The molecular weight excluding hydrogens is 729 g/mol. The number of rotatable bonds is 6. The second-order valence-corrected chi connectivity index (χ2v) is 15.4. The first-order chi connectivity index (χ1) is 29.7. The maximum atomic E-state index is 5.14. The number of para-hydroxylation sites is 2. The topological polar surface area (TPSA) is 35.6 Å². The van der Waals surface area contributed by atoms with Crippen LogP contribution in [0.2, 0.25) is 0 Å². The zero-order valence-corrected chi connectivity index (χ0v) is 32.6. The zero-order chi connectivity index (χ0) is 39.6. The smallest absolute Gasteiger partial charge is 0.160 e. The third-order valence-electron chi connectivity index (χ3n) is 11.9. The van der Waals surface area contributed by atoms with Gasteiger partial charge in [0.1, 0.15) is 0 Å². The number of fused-ring (bicyclic) bond motifs is 7. The van der Waals surface area contributed by atoms with Crippen LogP contribution >= 0.6 is 0 Å². The van der Waals surface area contributed by atoms with Crippen LogP contribution in [-0.4, -0.2) is 19.1 Å². The van der Waals surface area contributed by atoms with Crippen molar-refractivity contribution in [3.63, 3.8) is 0 Å². The molecule has 0 aliphatic rings. The molecule has 0 unspecified atom stereocenters. The van der Waals surface area contributed by atoms with Crippen molar-refractivity contribution in [3.05, 3.63) is 218 Å². The Balaban J connectivity index is 1.05. The van der Waals surface area contributed by atoms with E-state index in [2.05, 4.69) is 203 Å². The number of hydrogen-bond acceptors (Lipinski definition) is 2. The van der Waals surface area contributed by atoms with Crippen LogP contribution in [0.1, 0.15) is 0 Å². The Kier molecular flexibility index (Phi) is 7.82. The Labute approximate surface area is 346 Å². The van der Waals surface area contributed by atoms with Gasteiger partial charge in [-0.3, -0.25) is 0 Å². The van der Waals surface area contributed by atoms with Crippen molar-refractivity contribution in [1.29, 1.82) is 0 Å². The molecule has 4 nitrogen and oxygen atoms in total. The summed E-state index contributed by atoms with van der Waals surface area (Å²) in [4.78, 5) is 10.2. The van der Waals surface area contributed by atoms with E-state index < -0.39 is 0 Å². The van der Waals surface area contributed by atoms with Gasteiger partial charge in [0.25, 0.3) is 0 Å². The van der Waals surface area contributed by atoms with Crippen molar-refractivity contribution in [2.75, 3.05) is 0 Å². The van der Waals surface area contributed by atoms with E-state index in [1.807, 2.05) is 24.3 Å². The van der Waals surface area contributed by atoms with Crippen LogP contribution in [0.4, 0.5) is 0 Å². The highest BCUT2D eigenvalue weighted by Gasteiger charge is 2.19. The zero-order valence-electron chi connectivity index (χ0n) is 32.6.